The molecular weight excluding hydrogens is 190 g/mol. The summed E-state index contributed by atoms with van der Waals surface area (Å²) in [6, 6.07) is 0. The number of aliphatic carboxylic acids is 1. The molecular formula is C12H17NO2. The lowest BCUT2D eigenvalue weighted by Crippen LogP contribution is -2.16. The maximum atomic E-state index is 10.3. The number of hydrogen-bond acceptors (Lipinski definition) is 2. The van der Waals surface area contributed by atoms with Crippen LogP contribution in [0.3, 0.4) is 0 Å². The van der Waals surface area contributed by atoms with Crippen molar-refractivity contribution < 1.29 is 9.90 Å². The third kappa shape index (κ3) is 8.56. The first-order valence-electron chi connectivity index (χ1n) is 4.76. The van der Waals surface area contributed by atoms with Crippen LogP contribution in [0.4, 0.5) is 0 Å². The van der Waals surface area contributed by atoms with Gasteiger partial charge in [0.2, 0.25) is 0 Å². The highest BCUT2D eigenvalue weighted by atomic mass is 16.4. The van der Waals surface area contributed by atoms with Crippen molar-refractivity contribution in [2.45, 2.75) is 12.8 Å². The molecule has 0 aliphatic carbocycles. The van der Waals surface area contributed by atoms with Crippen molar-refractivity contribution in [3.05, 3.63) is 49.2 Å². The monoisotopic (exact) mass is 207 g/mol. The van der Waals surface area contributed by atoms with Crippen LogP contribution in [0.2, 0.25) is 0 Å². The summed E-state index contributed by atoms with van der Waals surface area (Å²) >= 11 is 0. The van der Waals surface area contributed by atoms with E-state index in [2.05, 4.69) is 18.5 Å². The second-order valence-electron chi connectivity index (χ2n) is 2.85. The van der Waals surface area contributed by atoms with E-state index in [0.29, 0.717) is 6.54 Å². The average molecular weight is 207 g/mol. The van der Waals surface area contributed by atoms with Gasteiger partial charge in [-0.3, -0.25) is 4.79 Å². The molecule has 15 heavy (non-hydrogen) atoms. The lowest BCUT2D eigenvalue weighted by Gasteiger charge is -2.04. The maximum Gasteiger partial charge on any atom is 0.305 e. The summed E-state index contributed by atoms with van der Waals surface area (Å²) in [5.74, 6) is -0.807. The summed E-state index contributed by atoms with van der Waals surface area (Å²) in [5, 5.41) is 11.5. The minimum absolute atomic E-state index is 0.105. The fraction of sp³-hybridized carbons (Fsp3) is 0.250. The lowest BCUT2D eigenvalue weighted by molar-refractivity contribution is -0.136. The summed E-state index contributed by atoms with van der Waals surface area (Å²) < 4.78 is 0. The zero-order chi connectivity index (χ0) is 11.5. The molecule has 0 bridgehead atoms. The minimum atomic E-state index is -0.807. The van der Waals surface area contributed by atoms with E-state index in [1.165, 1.54) is 0 Å². The Balaban J connectivity index is 4.11. The standard InChI is InChI=1S/C12H17NO2/c1-3-5-7-11(8-6-4-2)13-10-9-12(14)15/h3-5,7-8,13H,1-2,6,9-10H2,(H,14,15)/b7-5-,11-8?. The Kier molecular flexibility index (Phi) is 7.77. The van der Waals surface area contributed by atoms with Crippen LogP contribution in [0, 0.1) is 0 Å². The van der Waals surface area contributed by atoms with Crippen molar-refractivity contribution in [2.75, 3.05) is 6.54 Å². The smallest absolute Gasteiger partial charge is 0.305 e. The van der Waals surface area contributed by atoms with Gasteiger partial charge in [-0.1, -0.05) is 30.9 Å². The van der Waals surface area contributed by atoms with Crippen molar-refractivity contribution in [1.82, 2.24) is 5.32 Å². The summed E-state index contributed by atoms with van der Waals surface area (Å²) in [6.45, 7) is 7.59. The molecule has 3 nitrogen and oxygen atoms in total. The fourth-order valence-electron chi connectivity index (χ4n) is 0.895. The lowest BCUT2D eigenvalue weighted by atomic mass is 10.3. The molecule has 0 saturated heterocycles. The van der Waals surface area contributed by atoms with Crippen LogP contribution in [0.1, 0.15) is 12.8 Å². The fourth-order valence-corrected chi connectivity index (χ4v) is 0.895. The van der Waals surface area contributed by atoms with Gasteiger partial charge in [-0.05, 0) is 12.5 Å². The summed E-state index contributed by atoms with van der Waals surface area (Å²) in [5.41, 5.74) is 0.885. The van der Waals surface area contributed by atoms with Gasteiger partial charge in [0.05, 0.1) is 6.42 Å². The van der Waals surface area contributed by atoms with Crippen molar-refractivity contribution in [3.8, 4) is 0 Å². The summed E-state index contributed by atoms with van der Waals surface area (Å²) in [4.78, 5) is 10.3. The molecule has 0 aliphatic rings. The molecule has 82 valence electrons. The Labute approximate surface area is 90.5 Å². The molecule has 2 N–H and O–H groups in total. The quantitative estimate of drug-likeness (QED) is 0.474. The van der Waals surface area contributed by atoms with Crippen LogP contribution in [0.25, 0.3) is 0 Å². The highest BCUT2D eigenvalue weighted by Gasteiger charge is 1.96. The van der Waals surface area contributed by atoms with Crippen LogP contribution < -0.4 is 5.32 Å². The van der Waals surface area contributed by atoms with Gasteiger partial charge >= 0.3 is 5.97 Å². The SMILES string of the molecule is C=C/C=C\C(=CCC=C)NCCC(=O)O. The number of hydrogen-bond donors (Lipinski definition) is 2. The van der Waals surface area contributed by atoms with Crippen molar-refractivity contribution in [3.63, 3.8) is 0 Å². The topological polar surface area (TPSA) is 49.3 Å². The predicted molar refractivity (Wildman–Crippen MR) is 62.5 cm³/mol. The van der Waals surface area contributed by atoms with Crippen LogP contribution in [0.15, 0.2) is 49.2 Å². The second-order valence-corrected chi connectivity index (χ2v) is 2.85. The zero-order valence-corrected chi connectivity index (χ0v) is 8.78. The Morgan fingerprint density at radius 2 is 2.13 bits per heavy atom. The first kappa shape index (κ1) is 13.2. The molecule has 0 amide bonds. The van der Waals surface area contributed by atoms with Crippen LogP contribution >= 0.6 is 0 Å². The van der Waals surface area contributed by atoms with Gasteiger partial charge in [-0.25, -0.2) is 0 Å². The van der Waals surface area contributed by atoms with E-state index in [1.54, 1.807) is 18.2 Å². The molecule has 3 heteroatoms. The van der Waals surface area contributed by atoms with Gasteiger partial charge < -0.3 is 10.4 Å². The normalized spacial score (nSPS) is 11.3. The molecule has 0 fully saturated rings. The van der Waals surface area contributed by atoms with Crippen LogP contribution in [-0.4, -0.2) is 17.6 Å². The Morgan fingerprint density at radius 3 is 2.67 bits per heavy atom. The zero-order valence-electron chi connectivity index (χ0n) is 8.78. The molecule has 0 radical (unpaired) electrons. The third-order valence-electron chi connectivity index (χ3n) is 1.58. The Morgan fingerprint density at radius 1 is 1.40 bits per heavy atom. The van der Waals surface area contributed by atoms with Crippen molar-refractivity contribution in [1.29, 1.82) is 0 Å². The first-order chi connectivity index (χ1) is 7.20. The molecule has 0 heterocycles. The van der Waals surface area contributed by atoms with Gasteiger partial charge in [-0.15, -0.1) is 6.58 Å². The Bertz CT molecular complexity index is 277. The number of allylic oxidation sites excluding steroid dienone is 5. The molecule has 0 aliphatic heterocycles. The number of carboxylic acids is 1. The average Bonchev–Trinajstić information content (AvgIpc) is 2.20. The predicted octanol–water partition coefficient (Wildman–Crippen LogP) is 2.25. The number of carboxylic acid groups (broad SMARTS) is 1. The van der Waals surface area contributed by atoms with E-state index in [0.717, 1.165) is 12.1 Å². The highest BCUT2D eigenvalue weighted by molar-refractivity contribution is 5.66. The number of carbonyl (C=O) groups is 1. The molecule has 0 aromatic rings. The first-order valence-corrected chi connectivity index (χ1v) is 4.76. The second kappa shape index (κ2) is 8.81. The van der Waals surface area contributed by atoms with E-state index >= 15 is 0 Å². The largest absolute Gasteiger partial charge is 0.481 e. The molecule has 0 saturated carbocycles. The molecule has 0 rings (SSSR count). The van der Waals surface area contributed by atoms with Gasteiger partial charge in [0.25, 0.3) is 0 Å². The highest BCUT2D eigenvalue weighted by Crippen LogP contribution is 1.96. The van der Waals surface area contributed by atoms with Gasteiger partial charge in [0.1, 0.15) is 0 Å². The third-order valence-corrected chi connectivity index (χ3v) is 1.58. The van der Waals surface area contributed by atoms with Gasteiger partial charge in [-0.2, -0.15) is 0 Å². The Hall–Kier alpha value is -1.77. The van der Waals surface area contributed by atoms with Gasteiger partial charge in [0, 0.05) is 12.2 Å². The van der Waals surface area contributed by atoms with E-state index in [-0.39, 0.29) is 6.42 Å². The minimum Gasteiger partial charge on any atom is -0.481 e. The van der Waals surface area contributed by atoms with E-state index < -0.39 is 5.97 Å². The molecule has 0 atom stereocenters. The summed E-state index contributed by atoms with van der Waals surface area (Å²) in [6.07, 6.45) is 9.88. The van der Waals surface area contributed by atoms with Gasteiger partial charge in [0.15, 0.2) is 0 Å². The number of nitrogens with one attached hydrogen (secondary N) is 1. The summed E-state index contributed by atoms with van der Waals surface area (Å²) in [7, 11) is 0. The van der Waals surface area contributed by atoms with Crippen LogP contribution in [0.5, 0.6) is 0 Å². The number of rotatable bonds is 8. The van der Waals surface area contributed by atoms with Crippen molar-refractivity contribution in [2.24, 2.45) is 0 Å². The molecule has 0 aromatic heterocycles. The van der Waals surface area contributed by atoms with Crippen LogP contribution in [-0.2, 0) is 4.79 Å². The van der Waals surface area contributed by atoms with E-state index in [1.807, 2.05) is 12.2 Å². The molecule has 0 aromatic carbocycles. The molecule has 0 spiro atoms. The van der Waals surface area contributed by atoms with E-state index in [4.69, 9.17) is 5.11 Å². The van der Waals surface area contributed by atoms with Crippen molar-refractivity contribution >= 4 is 5.97 Å². The maximum absolute atomic E-state index is 10.3. The van der Waals surface area contributed by atoms with E-state index in [9.17, 15) is 4.79 Å². The molecule has 0 unspecified atom stereocenters.